The number of nitrogens with zero attached hydrogens (tertiary/aromatic N) is 2. The highest BCUT2D eigenvalue weighted by Crippen LogP contribution is 2.33. The Hall–Kier alpha value is -3.72. The summed E-state index contributed by atoms with van der Waals surface area (Å²) in [5.41, 5.74) is 2.51. The van der Waals surface area contributed by atoms with Crippen LogP contribution in [0.15, 0.2) is 54.6 Å². The van der Waals surface area contributed by atoms with E-state index in [1.807, 2.05) is 30.6 Å². The summed E-state index contributed by atoms with van der Waals surface area (Å²) in [5, 5.41) is 21.3. The third-order valence-electron chi connectivity index (χ3n) is 6.97. The van der Waals surface area contributed by atoms with E-state index in [4.69, 9.17) is 10.5 Å². The maximum absolute atomic E-state index is 13.4. The molecule has 4 rings (SSSR count). The number of benzene rings is 2. The largest absolute Gasteiger partial charge is 0.465 e. The van der Waals surface area contributed by atoms with Gasteiger partial charge >= 0.3 is 6.09 Å². The van der Waals surface area contributed by atoms with Gasteiger partial charge in [0.05, 0.1) is 6.04 Å². The van der Waals surface area contributed by atoms with E-state index in [1.165, 1.54) is 5.56 Å². The van der Waals surface area contributed by atoms with E-state index < -0.39 is 12.1 Å². The van der Waals surface area contributed by atoms with Crippen LogP contribution in [-0.4, -0.2) is 70.9 Å². The van der Waals surface area contributed by atoms with Gasteiger partial charge in [-0.25, -0.2) is 4.79 Å². The molecular weight excluding hydrogens is 446 g/mol. The van der Waals surface area contributed by atoms with Crippen molar-refractivity contribution in [1.82, 2.24) is 20.4 Å². The number of hydrogen-bond donors (Lipinski definition) is 4. The van der Waals surface area contributed by atoms with Crippen molar-refractivity contribution >= 4 is 23.7 Å². The zero-order valence-corrected chi connectivity index (χ0v) is 19.7. The van der Waals surface area contributed by atoms with E-state index in [2.05, 4.69) is 22.3 Å². The van der Waals surface area contributed by atoms with E-state index in [0.717, 1.165) is 24.9 Å². The maximum Gasteiger partial charge on any atom is 0.410 e. The first-order valence-corrected chi connectivity index (χ1v) is 11.8. The third-order valence-corrected chi connectivity index (χ3v) is 6.97. The quantitative estimate of drug-likeness (QED) is 0.375. The average Bonchev–Trinajstić information content (AvgIpc) is 2.82. The Morgan fingerprint density at radius 1 is 1.00 bits per heavy atom. The Bertz CT molecular complexity index is 1090. The van der Waals surface area contributed by atoms with E-state index >= 15 is 0 Å². The molecule has 0 aromatic heterocycles. The number of nitrogens with one attached hydrogen (secondary N) is 3. The number of hydrogen-bond acceptors (Lipinski definition) is 5. The van der Waals surface area contributed by atoms with Gasteiger partial charge in [0, 0.05) is 18.7 Å². The highest BCUT2D eigenvalue weighted by Gasteiger charge is 2.42. The molecule has 2 aliphatic rings. The van der Waals surface area contributed by atoms with Crippen LogP contribution in [0.1, 0.15) is 41.9 Å². The summed E-state index contributed by atoms with van der Waals surface area (Å²) in [5.74, 6) is -0.0238. The highest BCUT2D eigenvalue weighted by molar-refractivity contribution is 6.04. The predicted molar refractivity (Wildman–Crippen MR) is 131 cm³/mol. The van der Waals surface area contributed by atoms with Gasteiger partial charge in [0.1, 0.15) is 11.9 Å². The van der Waals surface area contributed by atoms with Crippen molar-refractivity contribution in [1.29, 1.82) is 5.41 Å². The van der Waals surface area contributed by atoms with Gasteiger partial charge in [0.2, 0.25) is 11.8 Å². The molecule has 2 saturated heterocycles. The first kappa shape index (κ1) is 24.4. The molecule has 2 heterocycles. The lowest BCUT2D eigenvalue weighted by molar-refractivity contribution is -0.152. The molecule has 9 heteroatoms. The molecule has 2 fully saturated rings. The molecule has 4 N–H and O–H groups in total. The lowest BCUT2D eigenvalue weighted by atomic mass is 9.84. The van der Waals surface area contributed by atoms with Crippen molar-refractivity contribution in [2.45, 2.75) is 43.8 Å². The summed E-state index contributed by atoms with van der Waals surface area (Å²) in [7, 11) is 1.98. The lowest BCUT2D eigenvalue weighted by Gasteiger charge is -2.45. The fraction of sp³-hybridized carbons (Fsp3) is 0.385. The minimum atomic E-state index is -1.29. The SMILES string of the molecule is CN1CC[C@H](c2ccccc2)C[C@@H]1C(=O)N1CCC1C(=O)NCc1ccc(C(=N)NC(=O)O)cc1. The number of likely N-dealkylation sites (tertiary alicyclic amines) is 2. The Morgan fingerprint density at radius 3 is 2.34 bits per heavy atom. The van der Waals surface area contributed by atoms with E-state index in [9.17, 15) is 14.4 Å². The van der Waals surface area contributed by atoms with Crippen molar-refractivity contribution in [3.63, 3.8) is 0 Å². The highest BCUT2D eigenvalue weighted by atomic mass is 16.4. The van der Waals surface area contributed by atoms with E-state index in [1.54, 1.807) is 29.2 Å². The Balaban J connectivity index is 1.31. The maximum atomic E-state index is 13.4. The predicted octanol–water partition coefficient (Wildman–Crippen LogP) is 2.37. The standard InChI is InChI=1S/C26H31N5O4/c1-30-13-11-20(18-5-3-2-4-6-18)15-22(30)25(33)31-14-12-21(31)24(32)28-16-17-7-9-19(10-8-17)23(27)29-26(34)35/h2-10,20-22H,11-16H2,1H3,(H2,27,29)(H,28,32)(H,34,35)/t20-,21?,22+/m0/s1. The van der Waals surface area contributed by atoms with Crippen LogP contribution >= 0.6 is 0 Å². The molecule has 9 nitrogen and oxygen atoms in total. The number of piperidine rings is 1. The molecule has 0 aliphatic carbocycles. The summed E-state index contributed by atoms with van der Waals surface area (Å²) >= 11 is 0. The van der Waals surface area contributed by atoms with Crippen LogP contribution in [0, 0.1) is 5.41 Å². The third kappa shape index (κ3) is 5.68. The van der Waals surface area contributed by atoms with E-state index in [-0.39, 0.29) is 30.2 Å². The normalized spacial score (nSPS) is 22.1. The number of carbonyl (C=O) groups excluding carboxylic acids is 2. The van der Waals surface area contributed by atoms with Gasteiger partial charge in [-0.1, -0.05) is 54.6 Å². The van der Waals surface area contributed by atoms with Crippen LogP contribution < -0.4 is 10.6 Å². The Labute approximate surface area is 204 Å². The van der Waals surface area contributed by atoms with Crippen LogP contribution in [0.5, 0.6) is 0 Å². The van der Waals surface area contributed by atoms with Crippen LogP contribution in [0.3, 0.4) is 0 Å². The minimum absolute atomic E-state index is 0.0216. The molecule has 184 valence electrons. The van der Waals surface area contributed by atoms with Crippen LogP contribution in [-0.2, 0) is 16.1 Å². The van der Waals surface area contributed by atoms with Gasteiger partial charge in [0.25, 0.3) is 0 Å². The first-order chi connectivity index (χ1) is 16.8. The number of amides is 3. The first-order valence-electron chi connectivity index (χ1n) is 11.8. The zero-order chi connectivity index (χ0) is 24.9. The second-order valence-corrected chi connectivity index (χ2v) is 9.18. The van der Waals surface area contributed by atoms with E-state index in [0.29, 0.717) is 24.4 Å². The molecule has 0 bridgehead atoms. The summed E-state index contributed by atoms with van der Waals surface area (Å²) in [6, 6.07) is 16.3. The number of carbonyl (C=O) groups is 3. The molecule has 2 aliphatic heterocycles. The lowest BCUT2D eigenvalue weighted by Crippen LogP contribution is -2.62. The molecular formula is C26H31N5O4. The fourth-order valence-corrected chi connectivity index (χ4v) is 4.79. The van der Waals surface area contributed by atoms with Gasteiger partial charge in [-0.3, -0.25) is 25.2 Å². The van der Waals surface area contributed by atoms with Gasteiger partial charge in [-0.15, -0.1) is 0 Å². The second-order valence-electron chi connectivity index (χ2n) is 9.18. The Morgan fingerprint density at radius 2 is 1.71 bits per heavy atom. The fourth-order valence-electron chi connectivity index (χ4n) is 4.79. The number of likely N-dealkylation sites (N-methyl/N-ethyl adjacent to an activating group) is 1. The molecule has 0 spiro atoms. The number of carboxylic acid groups (broad SMARTS) is 1. The molecule has 0 saturated carbocycles. The summed E-state index contributed by atoms with van der Waals surface area (Å²) in [4.78, 5) is 40.7. The number of rotatable bonds is 6. The van der Waals surface area contributed by atoms with Crippen molar-refractivity contribution in [2.24, 2.45) is 0 Å². The summed E-state index contributed by atoms with van der Waals surface area (Å²) in [6.45, 7) is 1.72. The monoisotopic (exact) mass is 477 g/mol. The molecule has 2 aromatic carbocycles. The van der Waals surface area contributed by atoms with Crippen molar-refractivity contribution in [2.75, 3.05) is 20.1 Å². The van der Waals surface area contributed by atoms with Crippen molar-refractivity contribution in [3.8, 4) is 0 Å². The molecule has 1 unspecified atom stereocenters. The van der Waals surface area contributed by atoms with Crippen LogP contribution in [0.25, 0.3) is 0 Å². The van der Waals surface area contributed by atoms with Gasteiger partial charge in [-0.05, 0) is 49.9 Å². The molecule has 0 radical (unpaired) electrons. The summed E-state index contributed by atoms with van der Waals surface area (Å²) < 4.78 is 0. The smallest absolute Gasteiger partial charge is 0.410 e. The molecule has 3 atom stereocenters. The summed E-state index contributed by atoms with van der Waals surface area (Å²) in [6.07, 6.45) is 1.12. The second kappa shape index (κ2) is 10.7. The Kier molecular flexibility index (Phi) is 7.45. The van der Waals surface area contributed by atoms with Crippen molar-refractivity contribution in [3.05, 3.63) is 71.3 Å². The zero-order valence-electron chi connectivity index (χ0n) is 19.7. The minimum Gasteiger partial charge on any atom is -0.465 e. The molecule has 35 heavy (non-hydrogen) atoms. The topological polar surface area (TPSA) is 126 Å². The molecule has 3 amide bonds. The number of amidine groups is 1. The van der Waals surface area contributed by atoms with Crippen molar-refractivity contribution < 1.29 is 19.5 Å². The molecule has 2 aromatic rings. The van der Waals surface area contributed by atoms with Crippen LogP contribution in [0.2, 0.25) is 0 Å². The average molecular weight is 478 g/mol. The van der Waals surface area contributed by atoms with Gasteiger partial charge in [0.15, 0.2) is 0 Å². The van der Waals surface area contributed by atoms with Gasteiger partial charge in [-0.2, -0.15) is 0 Å². The van der Waals surface area contributed by atoms with Gasteiger partial charge < -0.3 is 15.3 Å². The van der Waals surface area contributed by atoms with Crippen LogP contribution in [0.4, 0.5) is 4.79 Å².